The minimum absolute atomic E-state index is 0.00995. The largest absolute Gasteiger partial charge is 0.455 e. The smallest absolute Gasteiger partial charge is 0.256 e. The zero-order valence-corrected chi connectivity index (χ0v) is 24.6. The van der Waals surface area contributed by atoms with Crippen LogP contribution in [0, 0.1) is 11.3 Å². The van der Waals surface area contributed by atoms with E-state index in [1.54, 1.807) is 59.4 Å². The third kappa shape index (κ3) is 10.6. The van der Waals surface area contributed by atoms with Crippen molar-refractivity contribution in [2.45, 2.75) is 6.92 Å². The summed E-state index contributed by atoms with van der Waals surface area (Å²) in [7, 11) is 3.66. The van der Waals surface area contributed by atoms with E-state index in [2.05, 4.69) is 32.3 Å². The number of likely N-dealkylation sites (N-methyl/N-ethyl adjacent to an activating group) is 3. The van der Waals surface area contributed by atoms with Crippen LogP contribution in [0.2, 0.25) is 5.02 Å². The van der Waals surface area contributed by atoms with E-state index >= 15 is 0 Å². The van der Waals surface area contributed by atoms with Crippen molar-refractivity contribution < 1.29 is 14.3 Å². The molecular weight excluding hydrogens is 538 g/mol. The van der Waals surface area contributed by atoms with Crippen LogP contribution in [0.15, 0.2) is 42.5 Å². The third-order valence-electron chi connectivity index (χ3n) is 6.04. The van der Waals surface area contributed by atoms with Gasteiger partial charge >= 0.3 is 0 Å². The molecule has 0 radical (unpaired) electrons. The van der Waals surface area contributed by atoms with Crippen molar-refractivity contribution in [1.82, 2.24) is 25.0 Å². The molecule has 0 aromatic heterocycles. The Morgan fingerprint density at radius 2 is 1.87 bits per heavy atom. The number of carbonyl (C=O) groups excluding carboxylic acids is 2. The first kappa shape index (κ1) is 32.2. The van der Waals surface area contributed by atoms with Crippen LogP contribution in [0.4, 0.5) is 5.69 Å². The molecule has 1 aliphatic rings. The van der Waals surface area contributed by atoms with Crippen molar-refractivity contribution in [3.63, 3.8) is 0 Å². The topological polar surface area (TPSA) is 104 Å². The number of nitrogens with zero attached hydrogens (tertiary/aromatic N) is 5. The van der Waals surface area contributed by atoms with Crippen molar-refractivity contribution >= 4 is 41.6 Å². The number of piperazine rings is 1. The molecule has 2 N–H and O–H groups in total. The van der Waals surface area contributed by atoms with Crippen LogP contribution in [0.3, 0.4) is 0 Å². The van der Waals surface area contributed by atoms with Crippen LogP contribution >= 0.6 is 23.5 Å². The fraction of sp³-hybridized carbons (Fsp3) is 0.444. The summed E-state index contributed by atoms with van der Waals surface area (Å²) in [6.07, 6.45) is 2.76. The zero-order valence-electron chi connectivity index (χ0n) is 23.0. The number of nitriles is 1. The van der Waals surface area contributed by atoms with Gasteiger partial charge in [0.1, 0.15) is 5.75 Å². The molecule has 1 fully saturated rings. The molecule has 12 heteroatoms. The van der Waals surface area contributed by atoms with Crippen molar-refractivity contribution in [2.75, 3.05) is 77.6 Å². The maximum atomic E-state index is 13.1. The van der Waals surface area contributed by atoms with Gasteiger partial charge in [-0.15, -0.1) is 0 Å². The lowest BCUT2D eigenvalue weighted by Crippen LogP contribution is -2.54. The molecule has 2 aromatic carbocycles. The molecule has 212 valence electrons. The monoisotopic (exact) mass is 575 g/mol. The molecule has 2 amide bonds. The molecule has 0 bridgehead atoms. The normalized spacial score (nSPS) is 13.4. The molecule has 1 saturated heterocycles. The van der Waals surface area contributed by atoms with E-state index in [0.717, 1.165) is 32.7 Å². The number of amides is 2. The summed E-state index contributed by atoms with van der Waals surface area (Å²) in [6, 6.07) is 14.5. The number of hydrogen-bond acceptors (Lipinski definition) is 9. The van der Waals surface area contributed by atoms with Crippen LogP contribution in [0.25, 0.3) is 0 Å². The van der Waals surface area contributed by atoms with Crippen LogP contribution in [-0.4, -0.2) is 99.3 Å². The Morgan fingerprint density at radius 3 is 2.44 bits per heavy atom. The van der Waals surface area contributed by atoms with E-state index < -0.39 is 0 Å². The minimum Gasteiger partial charge on any atom is -0.455 e. The number of hydrazine groups is 1. The van der Waals surface area contributed by atoms with Gasteiger partial charge in [-0.2, -0.15) is 5.26 Å². The van der Waals surface area contributed by atoms with Crippen LogP contribution in [-0.2, 0) is 9.59 Å². The summed E-state index contributed by atoms with van der Waals surface area (Å²) in [5.41, 5.74) is 1.21. The fourth-order valence-corrected chi connectivity index (χ4v) is 4.41. The van der Waals surface area contributed by atoms with Gasteiger partial charge in [-0.25, -0.2) is 9.31 Å². The van der Waals surface area contributed by atoms with Gasteiger partial charge in [0.15, 0.2) is 5.75 Å². The molecular formula is C27H38ClN7O3S. The van der Waals surface area contributed by atoms with Gasteiger partial charge < -0.3 is 20.3 Å². The first-order valence-electron chi connectivity index (χ1n) is 12.7. The Bertz CT molecular complexity index is 1080. The zero-order chi connectivity index (χ0) is 28.6. The number of ether oxygens (including phenoxy) is 1. The molecule has 0 saturated carbocycles. The number of carbonyl (C=O) groups is 2. The fourth-order valence-electron chi connectivity index (χ4n) is 3.76. The Kier molecular flexibility index (Phi) is 14.5. The maximum Gasteiger partial charge on any atom is 0.256 e. The predicted molar refractivity (Wildman–Crippen MR) is 158 cm³/mol. The van der Waals surface area contributed by atoms with E-state index in [9.17, 15) is 14.9 Å². The number of rotatable bonds is 12. The molecule has 0 spiro atoms. The minimum atomic E-state index is -0.00995. The lowest BCUT2D eigenvalue weighted by molar-refractivity contribution is -0.145. The number of hydrogen-bond donors (Lipinski definition) is 2. The molecule has 0 aliphatic carbocycles. The first-order valence-corrected chi connectivity index (χ1v) is 14.3. The molecule has 0 atom stereocenters. The predicted octanol–water partition coefficient (Wildman–Crippen LogP) is 3.05. The molecule has 3 rings (SSSR count). The number of nitrogens with one attached hydrogen (secondary N) is 2. The van der Waals surface area contributed by atoms with Gasteiger partial charge in [-0.05, 0) is 62.7 Å². The average Bonchev–Trinajstić information content (AvgIpc) is 2.97. The second-order valence-corrected chi connectivity index (χ2v) is 9.84. The highest BCUT2D eigenvalue weighted by atomic mass is 35.5. The summed E-state index contributed by atoms with van der Waals surface area (Å²) >= 11 is 7.71. The summed E-state index contributed by atoms with van der Waals surface area (Å²) < 4.78 is 8.37. The van der Waals surface area contributed by atoms with Gasteiger partial charge in [0, 0.05) is 57.9 Å². The molecule has 1 aliphatic heterocycles. The summed E-state index contributed by atoms with van der Waals surface area (Å²) in [5, 5.41) is 19.2. The molecule has 10 nitrogen and oxygen atoms in total. The molecule has 1 heterocycles. The van der Waals surface area contributed by atoms with E-state index in [1.165, 1.54) is 0 Å². The van der Waals surface area contributed by atoms with E-state index in [1.807, 2.05) is 25.9 Å². The highest BCUT2D eigenvalue weighted by Gasteiger charge is 2.25. The summed E-state index contributed by atoms with van der Waals surface area (Å²) in [6.45, 7) is 7.74. The first-order chi connectivity index (χ1) is 18.9. The summed E-state index contributed by atoms with van der Waals surface area (Å²) in [5.74, 6) is 1.20. The lowest BCUT2D eigenvalue weighted by atomic mass is 10.1. The standard InChI is InChI=1S/C23H28ClN5O2S.C4H10N2O/c1-4-27(17-23(30)26(2)28-11-13-29(32-3)14-12-28)21-15-18(16-25)5-10-22(21)31-20-8-6-19(24)7-9-20;1-5-2-3-6-4-7/h5-10,15H,4,11-14,17H2,1-3H3;4-5H,2-3H2,1H3,(H,6,7). The van der Waals surface area contributed by atoms with Gasteiger partial charge in [0.05, 0.1) is 23.9 Å². The van der Waals surface area contributed by atoms with E-state index in [4.69, 9.17) is 16.3 Å². The molecule has 39 heavy (non-hydrogen) atoms. The van der Waals surface area contributed by atoms with Crippen molar-refractivity contribution in [3.8, 4) is 17.6 Å². The summed E-state index contributed by atoms with van der Waals surface area (Å²) in [4.78, 5) is 24.6. The van der Waals surface area contributed by atoms with Gasteiger partial charge in [-0.3, -0.25) is 14.6 Å². The highest BCUT2D eigenvalue weighted by molar-refractivity contribution is 7.96. The Balaban J connectivity index is 0.000000673. The number of anilines is 1. The van der Waals surface area contributed by atoms with E-state index in [0.29, 0.717) is 47.3 Å². The van der Waals surface area contributed by atoms with E-state index in [-0.39, 0.29) is 12.5 Å². The van der Waals surface area contributed by atoms with Crippen molar-refractivity contribution in [3.05, 3.63) is 53.1 Å². The van der Waals surface area contributed by atoms with Crippen LogP contribution in [0.1, 0.15) is 12.5 Å². The quantitative estimate of drug-likeness (QED) is 0.224. The Hall–Kier alpha value is -3.01. The average molecular weight is 576 g/mol. The molecule has 2 aromatic rings. The van der Waals surface area contributed by atoms with Crippen molar-refractivity contribution in [2.24, 2.45) is 0 Å². The highest BCUT2D eigenvalue weighted by Crippen LogP contribution is 2.34. The van der Waals surface area contributed by atoms with Gasteiger partial charge in [0.25, 0.3) is 5.91 Å². The van der Waals surface area contributed by atoms with Crippen LogP contribution in [0.5, 0.6) is 11.5 Å². The Morgan fingerprint density at radius 1 is 1.18 bits per heavy atom. The lowest BCUT2D eigenvalue weighted by Gasteiger charge is -2.39. The number of benzene rings is 2. The Labute approximate surface area is 240 Å². The second-order valence-electron chi connectivity index (χ2n) is 8.52. The number of halogens is 1. The van der Waals surface area contributed by atoms with Gasteiger partial charge in [-0.1, -0.05) is 23.5 Å². The van der Waals surface area contributed by atoms with Crippen molar-refractivity contribution in [1.29, 1.82) is 5.26 Å². The molecule has 0 unspecified atom stereocenters. The van der Waals surface area contributed by atoms with Crippen LogP contribution < -0.4 is 20.3 Å². The van der Waals surface area contributed by atoms with Gasteiger partial charge in [0.2, 0.25) is 6.41 Å². The maximum absolute atomic E-state index is 13.1. The third-order valence-corrected chi connectivity index (χ3v) is 7.17. The second kappa shape index (κ2) is 17.6. The SMILES string of the molecule is CCN(CC(=O)N(C)N1CCN(SC)CC1)c1cc(C#N)ccc1Oc1ccc(Cl)cc1.CNCCNC=O.